The Kier molecular flexibility index (Phi) is 1.71. The summed E-state index contributed by atoms with van der Waals surface area (Å²) >= 11 is 0. The Labute approximate surface area is 79.3 Å². The standard InChI is InChI=1S/C7H5FN2O3S/c8-4-1-2-5-6(3-4)13-14(11,12)10-7(5)9/h1-3H,(H2,9,10). The van der Waals surface area contributed by atoms with Crippen LogP contribution in [0.15, 0.2) is 22.6 Å². The third kappa shape index (κ3) is 1.41. The number of amidine groups is 1. The van der Waals surface area contributed by atoms with Gasteiger partial charge in [-0.2, -0.15) is 8.42 Å². The van der Waals surface area contributed by atoms with Crippen molar-refractivity contribution in [2.24, 2.45) is 10.1 Å². The van der Waals surface area contributed by atoms with E-state index < -0.39 is 16.1 Å². The third-order valence-corrected chi connectivity index (χ3v) is 2.44. The van der Waals surface area contributed by atoms with Crippen molar-refractivity contribution in [2.75, 3.05) is 0 Å². The number of nitrogens with zero attached hydrogens (tertiary/aromatic N) is 1. The number of rotatable bonds is 0. The average Bonchev–Trinajstić information content (AvgIpc) is 2.00. The van der Waals surface area contributed by atoms with Crippen molar-refractivity contribution < 1.29 is 17.0 Å². The second-order valence-corrected chi connectivity index (χ2v) is 3.83. The van der Waals surface area contributed by atoms with E-state index in [1.807, 2.05) is 0 Å². The lowest BCUT2D eigenvalue weighted by atomic mass is 10.2. The van der Waals surface area contributed by atoms with Crippen LogP contribution < -0.4 is 9.92 Å². The molecule has 0 bridgehead atoms. The van der Waals surface area contributed by atoms with Crippen LogP contribution in [0.5, 0.6) is 5.75 Å². The monoisotopic (exact) mass is 216 g/mol. The maximum absolute atomic E-state index is 12.7. The summed E-state index contributed by atoms with van der Waals surface area (Å²) in [5.41, 5.74) is 5.61. The normalized spacial score (nSPS) is 17.9. The van der Waals surface area contributed by atoms with Crippen LogP contribution in [0.4, 0.5) is 4.39 Å². The Hall–Kier alpha value is -1.63. The van der Waals surface area contributed by atoms with Crippen molar-refractivity contribution >= 4 is 16.1 Å². The van der Waals surface area contributed by atoms with E-state index in [4.69, 9.17) is 5.73 Å². The highest BCUT2D eigenvalue weighted by Crippen LogP contribution is 2.25. The first-order valence-corrected chi connectivity index (χ1v) is 4.94. The molecule has 0 fully saturated rings. The summed E-state index contributed by atoms with van der Waals surface area (Å²) in [6, 6.07) is 3.38. The van der Waals surface area contributed by atoms with E-state index in [2.05, 4.69) is 8.58 Å². The van der Waals surface area contributed by atoms with Gasteiger partial charge in [-0.1, -0.05) is 0 Å². The van der Waals surface area contributed by atoms with Crippen LogP contribution in [0, 0.1) is 5.82 Å². The van der Waals surface area contributed by atoms with Gasteiger partial charge < -0.3 is 9.92 Å². The lowest BCUT2D eigenvalue weighted by Crippen LogP contribution is -2.24. The molecule has 1 aliphatic heterocycles. The van der Waals surface area contributed by atoms with Crippen molar-refractivity contribution in [1.82, 2.24) is 0 Å². The van der Waals surface area contributed by atoms with Crippen LogP contribution >= 0.6 is 0 Å². The molecule has 1 aromatic carbocycles. The highest BCUT2D eigenvalue weighted by molar-refractivity contribution is 7.86. The number of nitrogens with two attached hydrogens (primary N) is 1. The van der Waals surface area contributed by atoms with Crippen molar-refractivity contribution in [1.29, 1.82) is 0 Å². The van der Waals surface area contributed by atoms with Crippen LogP contribution in [0.2, 0.25) is 0 Å². The smallest absolute Gasteiger partial charge is 0.382 e. The maximum Gasteiger partial charge on any atom is 0.430 e. The molecule has 0 atom stereocenters. The molecule has 0 aromatic heterocycles. The largest absolute Gasteiger partial charge is 0.430 e. The van der Waals surface area contributed by atoms with E-state index in [0.29, 0.717) is 0 Å². The van der Waals surface area contributed by atoms with Gasteiger partial charge in [-0.3, -0.25) is 0 Å². The lowest BCUT2D eigenvalue weighted by Gasteiger charge is -2.13. The molecule has 2 N–H and O–H groups in total. The van der Waals surface area contributed by atoms with Gasteiger partial charge in [-0.05, 0) is 12.1 Å². The Morgan fingerprint density at radius 1 is 1.43 bits per heavy atom. The van der Waals surface area contributed by atoms with Crippen molar-refractivity contribution in [3.8, 4) is 5.75 Å². The molecule has 0 saturated heterocycles. The van der Waals surface area contributed by atoms with E-state index in [0.717, 1.165) is 12.1 Å². The van der Waals surface area contributed by atoms with Gasteiger partial charge in [0.15, 0.2) is 11.6 Å². The molecule has 0 aliphatic carbocycles. The Morgan fingerprint density at radius 2 is 2.14 bits per heavy atom. The summed E-state index contributed by atoms with van der Waals surface area (Å²) in [4.78, 5) is 0. The molecule has 7 heteroatoms. The molecule has 0 unspecified atom stereocenters. The number of hydrogen-bond acceptors (Lipinski definition) is 4. The van der Waals surface area contributed by atoms with Crippen LogP contribution in [-0.2, 0) is 10.3 Å². The van der Waals surface area contributed by atoms with Gasteiger partial charge in [0.1, 0.15) is 5.82 Å². The Balaban J connectivity index is 2.68. The second kappa shape index (κ2) is 2.68. The van der Waals surface area contributed by atoms with E-state index in [1.165, 1.54) is 6.07 Å². The Morgan fingerprint density at radius 3 is 2.86 bits per heavy atom. The number of hydrogen-bond donors (Lipinski definition) is 1. The summed E-state index contributed by atoms with van der Waals surface area (Å²) in [7, 11) is -4.07. The van der Waals surface area contributed by atoms with Gasteiger partial charge in [0.2, 0.25) is 0 Å². The highest BCUT2D eigenvalue weighted by atomic mass is 32.2. The molecule has 0 spiro atoms. The fraction of sp³-hybridized carbons (Fsp3) is 0. The van der Waals surface area contributed by atoms with Crippen molar-refractivity contribution in [2.45, 2.75) is 0 Å². The van der Waals surface area contributed by atoms with E-state index >= 15 is 0 Å². The molecule has 0 radical (unpaired) electrons. The SMILES string of the molecule is NC1=NS(=O)(=O)Oc2cc(F)ccc21. The molecule has 14 heavy (non-hydrogen) atoms. The highest BCUT2D eigenvalue weighted by Gasteiger charge is 2.23. The minimum Gasteiger partial charge on any atom is -0.382 e. The van der Waals surface area contributed by atoms with Crippen LogP contribution in [0.1, 0.15) is 5.56 Å². The molecule has 1 aromatic rings. The fourth-order valence-corrected chi connectivity index (χ4v) is 1.82. The van der Waals surface area contributed by atoms with Gasteiger partial charge in [0.05, 0.1) is 5.56 Å². The van der Waals surface area contributed by atoms with Gasteiger partial charge in [0, 0.05) is 6.07 Å². The van der Waals surface area contributed by atoms with Crippen molar-refractivity contribution in [3.63, 3.8) is 0 Å². The zero-order chi connectivity index (χ0) is 10.3. The zero-order valence-corrected chi connectivity index (χ0v) is 7.58. The number of halogens is 1. The molecule has 0 amide bonds. The van der Waals surface area contributed by atoms with Gasteiger partial charge in [0.25, 0.3) is 0 Å². The summed E-state index contributed by atoms with van der Waals surface area (Å²) in [5.74, 6) is -0.947. The first kappa shape index (κ1) is 8.95. The molecular formula is C7H5FN2O3S. The maximum atomic E-state index is 12.7. The van der Waals surface area contributed by atoms with Crippen LogP contribution in [-0.4, -0.2) is 14.3 Å². The summed E-state index contributed by atoms with van der Waals surface area (Å²) in [6.45, 7) is 0. The average molecular weight is 216 g/mol. The van der Waals surface area contributed by atoms with Gasteiger partial charge in [-0.15, -0.1) is 4.40 Å². The summed E-state index contributed by atoms with van der Waals surface area (Å²) < 4.78 is 42.1. The first-order chi connectivity index (χ1) is 6.48. The molecule has 5 nitrogen and oxygen atoms in total. The first-order valence-electron chi connectivity index (χ1n) is 3.58. The van der Waals surface area contributed by atoms with E-state index in [9.17, 15) is 12.8 Å². The van der Waals surface area contributed by atoms with Crippen LogP contribution in [0.3, 0.4) is 0 Å². The fourth-order valence-electron chi connectivity index (χ4n) is 1.08. The molecule has 74 valence electrons. The number of benzene rings is 1. The third-order valence-electron chi connectivity index (χ3n) is 1.62. The predicted octanol–water partition coefficient (Wildman–Crippen LogP) is 0.168. The molecule has 0 saturated carbocycles. The van der Waals surface area contributed by atoms with Crippen LogP contribution in [0.25, 0.3) is 0 Å². The molecule has 2 rings (SSSR count). The van der Waals surface area contributed by atoms with E-state index in [-0.39, 0.29) is 17.1 Å². The quantitative estimate of drug-likeness (QED) is 0.670. The minimum atomic E-state index is -4.07. The predicted molar refractivity (Wildman–Crippen MR) is 46.7 cm³/mol. The van der Waals surface area contributed by atoms with Gasteiger partial charge >= 0.3 is 10.3 Å². The van der Waals surface area contributed by atoms with Crippen molar-refractivity contribution in [3.05, 3.63) is 29.6 Å². The lowest BCUT2D eigenvalue weighted by molar-refractivity contribution is 0.481. The van der Waals surface area contributed by atoms with Gasteiger partial charge in [-0.25, -0.2) is 4.39 Å². The summed E-state index contributed by atoms with van der Waals surface area (Å²) in [6.07, 6.45) is 0. The zero-order valence-electron chi connectivity index (χ0n) is 6.77. The topological polar surface area (TPSA) is 81.8 Å². The van der Waals surface area contributed by atoms with E-state index in [1.54, 1.807) is 0 Å². The molecule has 1 heterocycles. The number of fused-ring (bicyclic) bond motifs is 1. The Bertz CT molecular complexity index is 524. The molecule has 1 aliphatic rings. The minimum absolute atomic E-state index is 0.141. The molecular weight excluding hydrogens is 211 g/mol. The summed E-state index contributed by atoms with van der Waals surface area (Å²) in [5, 5.41) is 0. The second-order valence-electron chi connectivity index (χ2n) is 2.63.